The van der Waals surface area contributed by atoms with Gasteiger partial charge in [-0.25, -0.2) is 4.98 Å². The van der Waals surface area contributed by atoms with Crippen molar-refractivity contribution in [2.45, 2.75) is 25.9 Å². The molecule has 0 atom stereocenters. The molecule has 4 rings (SSSR count). The van der Waals surface area contributed by atoms with Gasteiger partial charge in [0.1, 0.15) is 22.8 Å². The maximum absolute atomic E-state index is 12.9. The Balaban J connectivity index is 1.66. The van der Waals surface area contributed by atoms with Gasteiger partial charge in [-0.1, -0.05) is 26.0 Å². The van der Waals surface area contributed by atoms with Crippen LogP contribution in [-0.4, -0.2) is 18.9 Å². The molecule has 0 radical (unpaired) electrons. The van der Waals surface area contributed by atoms with E-state index >= 15 is 0 Å². The lowest BCUT2D eigenvalue weighted by Gasteiger charge is -2.13. The van der Waals surface area contributed by atoms with E-state index in [1.165, 1.54) is 10.6 Å². The first-order valence-electron chi connectivity index (χ1n) is 9.53. The number of rotatable bonds is 4. The third-order valence-electron chi connectivity index (χ3n) is 4.90. The van der Waals surface area contributed by atoms with Gasteiger partial charge in [-0.05, 0) is 35.4 Å². The molecule has 0 aliphatic rings. The highest BCUT2D eigenvalue weighted by molar-refractivity contribution is 5.64. The van der Waals surface area contributed by atoms with Crippen molar-refractivity contribution < 1.29 is 17.9 Å². The van der Waals surface area contributed by atoms with Crippen LogP contribution < -0.4 is 10.3 Å². The number of hydrogen-bond acceptors (Lipinski definition) is 4. The SMILES string of the molecule is CC(C)c1ncc2c(=O)n(C)c(Oc3ccc(-c4ccnc(C(F)(F)F)c4)cc3)cn12. The van der Waals surface area contributed by atoms with Crippen LogP contribution >= 0.6 is 0 Å². The number of aromatic nitrogens is 4. The van der Waals surface area contributed by atoms with Gasteiger partial charge in [0.05, 0.1) is 12.4 Å². The van der Waals surface area contributed by atoms with Gasteiger partial charge >= 0.3 is 6.18 Å². The summed E-state index contributed by atoms with van der Waals surface area (Å²) in [5.41, 5.74) is 0.232. The monoisotopic (exact) mass is 428 g/mol. The largest absolute Gasteiger partial charge is 0.439 e. The van der Waals surface area contributed by atoms with E-state index in [1.54, 1.807) is 48.1 Å². The van der Waals surface area contributed by atoms with E-state index in [2.05, 4.69) is 9.97 Å². The Morgan fingerprint density at radius 1 is 1.03 bits per heavy atom. The Morgan fingerprint density at radius 2 is 1.74 bits per heavy atom. The summed E-state index contributed by atoms with van der Waals surface area (Å²) in [6.07, 6.45) is -0.138. The molecule has 4 aromatic rings. The average Bonchev–Trinajstić information content (AvgIpc) is 3.16. The van der Waals surface area contributed by atoms with E-state index < -0.39 is 11.9 Å². The first-order chi connectivity index (χ1) is 14.6. The molecule has 1 aromatic carbocycles. The predicted molar refractivity (Wildman–Crippen MR) is 109 cm³/mol. The Kier molecular flexibility index (Phi) is 5.04. The number of ether oxygens (including phenoxy) is 1. The highest BCUT2D eigenvalue weighted by Crippen LogP contribution is 2.31. The first-order valence-corrected chi connectivity index (χ1v) is 9.53. The topological polar surface area (TPSA) is 61.4 Å². The van der Waals surface area contributed by atoms with Gasteiger partial charge in [0, 0.05) is 19.2 Å². The zero-order chi connectivity index (χ0) is 22.3. The maximum atomic E-state index is 12.9. The molecule has 0 aliphatic heterocycles. The van der Waals surface area contributed by atoms with E-state index in [-0.39, 0.29) is 11.5 Å². The van der Waals surface area contributed by atoms with Gasteiger partial charge in [0.15, 0.2) is 0 Å². The summed E-state index contributed by atoms with van der Waals surface area (Å²) >= 11 is 0. The average molecular weight is 428 g/mol. The third-order valence-corrected chi connectivity index (χ3v) is 4.90. The lowest BCUT2D eigenvalue weighted by Crippen LogP contribution is -2.20. The molecule has 0 saturated heterocycles. The number of alkyl halides is 3. The van der Waals surface area contributed by atoms with Crippen LogP contribution in [0, 0.1) is 0 Å². The smallest absolute Gasteiger partial charge is 0.433 e. The zero-order valence-electron chi connectivity index (χ0n) is 17.0. The summed E-state index contributed by atoms with van der Waals surface area (Å²) in [5, 5.41) is 0. The van der Waals surface area contributed by atoms with Crippen LogP contribution in [0.2, 0.25) is 0 Å². The van der Waals surface area contributed by atoms with Gasteiger partial charge < -0.3 is 4.74 Å². The molecule has 0 amide bonds. The molecule has 0 unspecified atom stereocenters. The molecule has 0 bridgehead atoms. The van der Waals surface area contributed by atoms with Crippen molar-refractivity contribution in [3.05, 3.63) is 76.9 Å². The molecule has 3 heterocycles. The molecule has 0 spiro atoms. The summed E-state index contributed by atoms with van der Waals surface area (Å²) in [6, 6.07) is 9.08. The minimum Gasteiger partial charge on any atom is -0.439 e. The summed E-state index contributed by atoms with van der Waals surface area (Å²) in [4.78, 5) is 20.4. The summed E-state index contributed by atoms with van der Waals surface area (Å²) in [7, 11) is 1.60. The number of nitrogens with zero attached hydrogens (tertiary/aromatic N) is 4. The van der Waals surface area contributed by atoms with Gasteiger partial charge in [-0.15, -0.1) is 0 Å². The minimum absolute atomic E-state index is 0.115. The van der Waals surface area contributed by atoms with Gasteiger partial charge in [0.2, 0.25) is 5.88 Å². The molecule has 0 saturated carbocycles. The second-order valence-corrected chi connectivity index (χ2v) is 7.41. The normalized spacial score (nSPS) is 12.0. The van der Waals surface area contributed by atoms with Crippen LogP contribution in [0.4, 0.5) is 13.2 Å². The fraction of sp³-hybridized carbons (Fsp3) is 0.227. The molecule has 3 aromatic heterocycles. The van der Waals surface area contributed by atoms with Crippen LogP contribution in [-0.2, 0) is 13.2 Å². The van der Waals surface area contributed by atoms with E-state index in [1.807, 2.05) is 13.8 Å². The molecular weight excluding hydrogens is 409 g/mol. The molecule has 9 heteroatoms. The molecular formula is C22H19F3N4O2. The first kappa shape index (κ1) is 20.6. The molecule has 160 valence electrons. The number of pyridine rings is 1. The van der Waals surface area contributed by atoms with Gasteiger partial charge in [-0.3, -0.25) is 18.7 Å². The number of fused-ring (bicyclic) bond motifs is 1. The fourth-order valence-electron chi connectivity index (χ4n) is 3.26. The summed E-state index contributed by atoms with van der Waals surface area (Å²) in [5.74, 6) is 1.61. The van der Waals surface area contributed by atoms with Crippen molar-refractivity contribution in [1.82, 2.24) is 18.9 Å². The van der Waals surface area contributed by atoms with Gasteiger partial charge in [0.25, 0.3) is 5.56 Å². The van der Waals surface area contributed by atoms with Crippen LogP contribution in [0.5, 0.6) is 11.6 Å². The molecule has 0 N–H and O–H groups in total. The number of hydrogen-bond donors (Lipinski definition) is 0. The van der Waals surface area contributed by atoms with Crippen molar-refractivity contribution in [3.63, 3.8) is 0 Å². The standard InChI is InChI=1S/C22H19F3N4O2/c1-13(2)20-27-11-17-21(30)28(3)19(12-29(17)20)31-16-6-4-14(5-7-16)15-8-9-26-18(10-15)22(23,24)25/h4-13H,1-3H3. The number of imidazole rings is 1. The third kappa shape index (κ3) is 3.90. The second-order valence-electron chi connectivity index (χ2n) is 7.41. The quantitative estimate of drug-likeness (QED) is 0.458. The Hall–Kier alpha value is -3.62. The lowest BCUT2D eigenvalue weighted by atomic mass is 10.1. The van der Waals surface area contributed by atoms with Crippen molar-refractivity contribution >= 4 is 5.52 Å². The van der Waals surface area contributed by atoms with E-state index in [9.17, 15) is 18.0 Å². The van der Waals surface area contributed by atoms with Crippen molar-refractivity contribution in [1.29, 1.82) is 0 Å². The van der Waals surface area contributed by atoms with Crippen LogP contribution in [0.15, 0.2) is 59.8 Å². The highest BCUT2D eigenvalue weighted by atomic mass is 19.4. The van der Waals surface area contributed by atoms with Crippen molar-refractivity contribution in [2.24, 2.45) is 7.05 Å². The maximum Gasteiger partial charge on any atom is 0.433 e. The van der Waals surface area contributed by atoms with Crippen molar-refractivity contribution in [3.8, 4) is 22.8 Å². The number of halogens is 3. The molecule has 0 aliphatic carbocycles. The van der Waals surface area contributed by atoms with E-state index in [0.29, 0.717) is 28.3 Å². The Labute approximate surface area is 175 Å². The minimum atomic E-state index is -4.51. The Bertz CT molecular complexity index is 1310. The predicted octanol–water partition coefficient (Wildman–Crippen LogP) is 5.03. The van der Waals surface area contributed by atoms with Crippen LogP contribution in [0.3, 0.4) is 0 Å². The Morgan fingerprint density at radius 3 is 2.39 bits per heavy atom. The lowest BCUT2D eigenvalue weighted by molar-refractivity contribution is -0.141. The van der Waals surface area contributed by atoms with Crippen LogP contribution in [0.25, 0.3) is 16.6 Å². The van der Waals surface area contributed by atoms with Crippen LogP contribution in [0.1, 0.15) is 31.3 Å². The van der Waals surface area contributed by atoms with E-state index in [4.69, 9.17) is 4.74 Å². The second kappa shape index (κ2) is 7.57. The molecule has 0 fully saturated rings. The highest BCUT2D eigenvalue weighted by Gasteiger charge is 2.32. The zero-order valence-corrected chi connectivity index (χ0v) is 17.0. The molecule has 31 heavy (non-hydrogen) atoms. The molecule has 6 nitrogen and oxygen atoms in total. The summed E-state index contributed by atoms with van der Waals surface area (Å²) in [6.45, 7) is 3.96. The summed E-state index contributed by atoms with van der Waals surface area (Å²) < 4.78 is 47.7. The van der Waals surface area contributed by atoms with E-state index in [0.717, 1.165) is 18.1 Å². The fourth-order valence-corrected chi connectivity index (χ4v) is 3.26. The van der Waals surface area contributed by atoms with Gasteiger partial charge in [-0.2, -0.15) is 13.2 Å². The van der Waals surface area contributed by atoms with Crippen molar-refractivity contribution in [2.75, 3.05) is 0 Å². The number of benzene rings is 1.